The first-order valence-corrected chi connectivity index (χ1v) is 5.38. The predicted molar refractivity (Wildman–Crippen MR) is 54.3 cm³/mol. The van der Waals surface area contributed by atoms with Crippen LogP contribution >= 0.6 is 0 Å². The summed E-state index contributed by atoms with van der Waals surface area (Å²) in [7, 11) is 0. The molecule has 1 unspecified atom stereocenters. The van der Waals surface area contributed by atoms with E-state index < -0.39 is 0 Å². The minimum atomic E-state index is 0.213. The lowest BCUT2D eigenvalue weighted by Gasteiger charge is -2.33. The highest BCUT2D eigenvalue weighted by Gasteiger charge is 2.48. The van der Waals surface area contributed by atoms with Crippen LogP contribution in [0.15, 0.2) is 12.3 Å². The number of hydrogen-bond donors (Lipinski definition) is 0. The van der Waals surface area contributed by atoms with Gasteiger partial charge in [0, 0.05) is 11.3 Å². The van der Waals surface area contributed by atoms with Crippen molar-refractivity contribution >= 4 is 0 Å². The molecule has 0 N–H and O–H groups in total. The van der Waals surface area contributed by atoms with Gasteiger partial charge in [-0.15, -0.1) is 0 Å². The molecular weight excluding hydrogens is 160 g/mol. The number of rotatable bonds is 0. The average Bonchev–Trinajstić information content (AvgIpc) is 2.23. The SMILES string of the molecule is C=C1O[C@@H]2C[C@H](C)CCC2C1(C)C. The number of hydrogen-bond acceptors (Lipinski definition) is 1. The van der Waals surface area contributed by atoms with Crippen molar-refractivity contribution in [1.29, 1.82) is 0 Å². The molecular formula is C12H20O. The molecule has 0 aromatic heterocycles. The van der Waals surface area contributed by atoms with Crippen LogP contribution in [0.5, 0.6) is 0 Å². The van der Waals surface area contributed by atoms with Gasteiger partial charge in [-0.05, 0) is 18.8 Å². The Morgan fingerprint density at radius 1 is 1.38 bits per heavy atom. The third kappa shape index (κ3) is 1.29. The first kappa shape index (κ1) is 9.11. The van der Waals surface area contributed by atoms with E-state index in [-0.39, 0.29) is 5.41 Å². The zero-order chi connectivity index (χ0) is 9.64. The summed E-state index contributed by atoms with van der Waals surface area (Å²) in [5.41, 5.74) is 0.213. The fraction of sp³-hybridized carbons (Fsp3) is 0.833. The van der Waals surface area contributed by atoms with Crippen LogP contribution in [0.2, 0.25) is 0 Å². The zero-order valence-electron chi connectivity index (χ0n) is 8.97. The molecule has 0 spiro atoms. The molecule has 2 fully saturated rings. The van der Waals surface area contributed by atoms with Gasteiger partial charge in [0.2, 0.25) is 0 Å². The largest absolute Gasteiger partial charge is 0.494 e. The summed E-state index contributed by atoms with van der Waals surface area (Å²) in [6.07, 6.45) is 4.37. The summed E-state index contributed by atoms with van der Waals surface area (Å²) in [5.74, 6) is 2.57. The van der Waals surface area contributed by atoms with Crippen molar-refractivity contribution in [3.8, 4) is 0 Å². The smallest absolute Gasteiger partial charge is 0.102 e. The first-order chi connectivity index (χ1) is 6.01. The molecule has 2 aliphatic rings. The molecule has 0 amide bonds. The van der Waals surface area contributed by atoms with Gasteiger partial charge in [-0.2, -0.15) is 0 Å². The summed E-state index contributed by atoms with van der Waals surface area (Å²) < 4.78 is 5.86. The van der Waals surface area contributed by atoms with Crippen molar-refractivity contribution in [3.05, 3.63) is 12.3 Å². The van der Waals surface area contributed by atoms with Crippen LogP contribution in [0.25, 0.3) is 0 Å². The predicted octanol–water partition coefficient (Wildman–Crippen LogP) is 3.36. The van der Waals surface area contributed by atoms with Gasteiger partial charge in [0.25, 0.3) is 0 Å². The van der Waals surface area contributed by atoms with Crippen molar-refractivity contribution in [3.63, 3.8) is 0 Å². The van der Waals surface area contributed by atoms with Crippen molar-refractivity contribution in [2.24, 2.45) is 17.3 Å². The third-order valence-corrected chi connectivity index (χ3v) is 3.99. The lowest BCUT2D eigenvalue weighted by molar-refractivity contribution is 0.0707. The summed E-state index contributed by atoms with van der Waals surface area (Å²) >= 11 is 0. The van der Waals surface area contributed by atoms with Gasteiger partial charge in [0.1, 0.15) is 6.10 Å². The van der Waals surface area contributed by atoms with Gasteiger partial charge < -0.3 is 4.74 Å². The Kier molecular flexibility index (Phi) is 1.94. The Hall–Kier alpha value is -0.460. The van der Waals surface area contributed by atoms with Gasteiger partial charge >= 0.3 is 0 Å². The molecule has 0 aromatic carbocycles. The summed E-state index contributed by atoms with van der Waals surface area (Å²) in [5, 5.41) is 0. The Morgan fingerprint density at radius 2 is 2.08 bits per heavy atom. The van der Waals surface area contributed by atoms with Crippen LogP contribution in [-0.2, 0) is 4.74 Å². The highest BCUT2D eigenvalue weighted by Crippen LogP contribution is 2.51. The minimum absolute atomic E-state index is 0.213. The molecule has 1 nitrogen and oxygen atoms in total. The molecule has 0 radical (unpaired) electrons. The van der Waals surface area contributed by atoms with E-state index in [0.717, 1.165) is 17.6 Å². The van der Waals surface area contributed by atoms with Crippen molar-refractivity contribution < 1.29 is 4.74 Å². The molecule has 1 aliphatic heterocycles. The van der Waals surface area contributed by atoms with E-state index in [2.05, 4.69) is 27.4 Å². The van der Waals surface area contributed by atoms with Crippen LogP contribution in [0.4, 0.5) is 0 Å². The van der Waals surface area contributed by atoms with E-state index in [0.29, 0.717) is 6.10 Å². The van der Waals surface area contributed by atoms with Gasteiger partial charge in [-0.25, -0.2) is 0 Å². The topological polar surface area (TPSA) is 9.23 Å². The minimum Gasteiger partial charge on any atom is -0.494 e. The molecule has 1 saturated heterocycles. The van der Waals surface area contributed by atoms with E-state index >= 15 is 0 Å². The zero-order valence-corrected chi connectivity index (χ0v) is 8.97. The fourth-order valence-electron chi connectivity index (χ4n) is 2.83. The van der Waals surface area contributed by atoms with E-state index in [1.165, 1.54) is 19.3 Å². The molecule has 1 heteroatoms. The van der Waals surface area contributed by atoms with Crippen LogP contribution < -0.4 is 0 Å². The number of fused-ring (bicyclic) bond motifs is 1. The second kappa shape index (κ2) is 2.76. The average molecular weight is 180 g/mol. The van der Waals surface area contributed by atoms with Crippen LogP contribution in [0.1, 0.15) is 40.0 Å². The molecule has 3 atom stereocenters. The lowest BCUT2D eigenvalue weighted by Crippen LogP contribution is -2.31. The van der Waals surface area contributed by atoms with Crippen molar-refractivity contribution in [2.75, 3.05) is 0 Å². The van der Waals surface area contributed by atoms with Crippen LogP contribution in [-0.4, -0.2) is 6.10 Å². The van der Waals surface area contributed by atoms with E-state index in [9.17, 15) is 0 Å². The van der Waals surface area contributed by atoms with Gasteiger partial charge in [-0.1, -0.05) is 33.8 Å². The normalized spacial score (nSPS) is 42.7. The Morgan fingerprint density at radius 3 is 2.77 bits per heavy atom. The molecule has 0 aromatic rings. The van der Waals surface area contributed by atoms with Crippen molar-refractivity contribution in [2.45, 2.75) is 46.1 Å². The van der Waals surface area contributed by atoms with Gasteiger partial charge in [0.05, 0.1) is 5.76 Å². The summed E-state index contributed by atoms with van der Waals surface area (Å²) in [4.78, 5) is 0. The highest BCUT2D eigenvalue weighted by atomic mass is 16.5. The third-order valence-electron chi connectivity index (χ3n) is 3.99. The Labute approximate surface area is 81.2 Å². The molecule has 1 aliphatic carbocycles. The number of ether oxygens (including phenoxy) is 1. The molecule has 0 bridgehead atoms. The van der Waals surface area contributed by atoms with Gasteiger partial charge in [-0.3, -0.25) is 0 Å². The molecule has 1 heterocycles. The Balaban J connectivity index is 2.18. The first-order valence-electron chi connectivity index (χ1n) is 5.38. The quantitative estimate of drug-likeness (QED) is 0.555. The van der Waals surface area contributed by atoms with E-state index in [1.54, 1.807) is 0 Å². The maximum atomic E-state index is 5.86. The maximum Gasteiger partial charge on any atom is 0.102 e. The molecule has 1 saturated carbocycles. The second-order valence-corrected chi connectivity index (χ2v) is 5.33. The van der Waals surface area contributed by atoms with Crippen LogP contribution in [0, 0.1) is 17.3 Å². The van der Waals surface area contributed by atoms with E-state index in [1.807, 2.05) is 0 Å². The fourth-order valence-corrected chi connectivity index (χ4v) is 2.83. The monoisotopic (exact) mass is 180 g/mol. The second-order valence-electron chi connectivity index (χ2n) is 5.33. The van der Waals surface area contributed by atoms with Gasteiger partial charge in [0.15, 0.2) is 0 Å². The molecule has 2 rings (SSSR count). The number of allylic oxidation sites excluding steroid dienone is 1. The Bertz CT molecular complexity index is 229. The molecule has 13 heavy (non-hydrogen) atoms. The highest BCUT2D eigenvalue weighted by molar-refractivity contribution is 5.11. The van der Waals surface area contributed by atoms with E-state index in [4.69, 9.17) is 4.74 Å². The maximum absolute atomic E-state index is 5.86. The molecule has 74 valence electrons. The lowest BCUT2D eigenvalue weighted by atomic mass is 9.69. The van der Waals surface area contributed by atoms with Crippen LogP contribution in [0.3, 0.4) is 0 Å². The summed E-state index contributed by atoms with van der Waals surface area (Å²) in [6.45, 7) is 10.9. The van der Waals surface area contributed by atoms with Crippen molar-refractivity contribution in [1.82, 2.24) is 0 Å². The summed E-state index contributed by atoms with van der Waals surface area (Å²) in [6, 6.07) is 0. The standard InChI is InChI=1S/C12H20O/c1-8-5-6-10-11(7-8)13-9(2)12(10,3)4/h8,10-11H,2,5-7H2,1,3-4H3/t8-,10?,11-/m1/s1.